The number of ether oxygens (including phenoxy) is 2. The molecule has 23 heavy (non-hydrogen) atoms. The first-order valence-electron chi connectivity index (χ1n) is 7.13. The second kappa shape index (κ2) is 8.73. The lowest BCUT2D eigenvalue weighted by Gasteiger charge is -2.16. The van der Waals surface area contributed by atoms with E-state index in [4.69, 9.17) is 9.47 Å². The Hall–Kier alpha value is -2.63. The molecule has 0 fully saturated rings. The van der Waals surface area contributed by atoms with Crippen LogP contribution in [0.4, 0.5) is 0 Å². The van der Waals surface area contributed by atoms with Crippen LogP contribution in [-0.2, 0) is 32.0 Å². The molecule has 1 N–H and O–H groups in total. The van der Waals surface area contributed by atoms with E-state index in [-0.39, 0.29) is 12.3 Å². The minimum atomic E-state index is -0.770. The second-order valence-electron chi connectivity index (χ2n) is 5.01. The van der Waals surface area contributed by atoms with Crippen LogP contribution in [0.15, 0.2) is 30.9 Å². The molecule has 1 amide bonds. The third-order valence-electron chi connectivity index (χ3n) is 3.05. The lowest BCUT2D eigenvalue weighted by Crippen LogP contribution is -2.42. The molecule has 1 aromatic carbocycles. The summed E-state index contributed by atoms with van der Waals surface area (Å²) in [6, 6.07) is 4.45. The molecule has 0 saturated carbocycles. The van der Waals surface area contributed by atoms with Crippen molar-refractivity contribution < 1.29 is 23.9 Å². The van der Waals surface area contributed by atoms with Crippen LogP contribution in [0.25, 0.3) is 0 Å². The van der Waals surface area contributed by atoms with E-state index >= 15 is 0 Å². The molecule has 0 aliphatic heterocycles. The Bertz CT molecular complexity index is 609. The van der Waals surface area contributed by atoms with Gasteiger partial charge < -0.3 is 14.8 Å². The predicted molar refractivity (Wildman–Crippen MR) is 85.0 cm³/mol. The fourth-order valence-electron chi connectivity index (χ4n) is 2.15. The second-order valence-corrected chi connectivity index (χ2v) is 5.01. The zero-order valence-corrected chi connectivity index (χ0v) is 13.5. The van der Waals surface area contributed by atoms with Crippen molar-refractivity contribution in [3.63, 3.8) is 0 Å². The Morgan fingerprint density at radius 3 is 2.52 bits per heavy atom. The summed E-state index contributed by atoms with van der Waals surface area (Å²) in [6.45, 7) is 6.34. The summed E-state index contributed by atoms with van der Waals surface area (Å²) in [6.07, 6.45) is 2.48. The molecule has 1 atom stereocenters. The van der Waals surface area contributed by atoms with Gasteiger partial charge in [-0.1, -0.05) is 18.2 Å². The van der Waals surface area contributed by atoms with Gasteiger partial charge in [-0.2, -0.15) is 0 Å². The monoisotopic (exact) mass is 319 g/mol. The average molecular weight is 319 g/mol. The van der Waals surface area contributed by atoms with Gasteiger partial charge in [0.05, 0.1) is 7.11 Å². The van der Waals surface area contributed by atoms with Crippen molar-refractivity contribution >= 4 is 17.8 Å². The molecule has 6 nitrogen and oxygen atoms in total. The number of rotatable bonds is 7. The van der Waals surface area contributed by atoms with Crippen LogP contribution in [-0.4, -0.2) is 31.0 Å². The number of allylic oxidation sites excluding steroid dienone is 1. The van der Waals surface area contributed by atoms with Gasteiger partial charge in [0.25, 0.3) is 0 Å². The van der Waals surface area contributed by atoms with Crippen molar-refractivity contribution in [2.75, 3.05) is 7.11 Å². The molecule has 0 heterocycles. The zero-order chi connectivity index (χ0) is 17.4. The Morgan fingerprint density at radius 2 is 2.00 bits per heavy atom. The highest BCUT2D eigenvalue weighted by Gasteiger charge is 2.21. The third kappa shape index (κ3) is 5.94. The number of amides is 1. The molecule has 6 heteroatoms. The minimum absolute atomic E-state index is 0.275. The molecule has 0 aromatic heterocycles. The Labute approximate surface area is 135 Å². The highest BCUT2D eigenvalue weighted by atomic mass is 16.5. The van der Waals surface area contributed by atoms with E-state index in [1.54, 1.807) is 18.2 Å². The molecule has 0 radical (unpaired) electrons. The number of methoxy groups -OCH3 is 1. The van der Waals surface area contributed by atoms with Crippen LogP contribution >= 0.6 is 0 Å². The topological polar surface area (TPSA) is 81.7 Å². The van der Waals surface area contributed by atoms with E-state index in [0.29, 0.717) is 12.2 Å². The van der Waals surface area contributed by atoms with E-state index < -0.39 is 18.0 Å². The Morgan fingerprint density at radius 1 is 1.30 bits per heavy atom. The lowest BCUT2D eigenvalue weighted by atomic mass is 10.0. The van der Waals surface area contributed by atoms with Gasteiger partial charge >= 0.3 is 11.9 Å². The SMILES string of the molecule is C=CCc1cc(C[C@H](NC(C)=O)C(=O)OC)ccc1OC(C)=O. The maximum atomic E-state index is 11.8. The van der Waals surface area contributed by atoms with E-state index in [0.717, 1.165) is 11.1 Å². The van der Waals surface area contributed by atoms with Gasteiger partial charge in [0.2, 0.25) is 5.91 Å². The summed E-state index contributed by atoms with van der Waals surface area (Å²) >= 11 is 0. The molecular weight excluding hydrogens is 298 g/mol. The highest BCUT2D eigenvalue weighted by Crippen LogP contribution is 2.22. The Balaban J connectivity index is 3.03. The van der Waals surface area contributed by atoms with E-state index in [1.807, 2.05) is 6.07 Å². The Kier molecular flexibility index (Phi) is 6.99. The van der Waals surface area contributed by atoms with E-state index in [2.05, 4.69) is 11.9 Å². The van der Waals surface area contributed by atoms with Crippen LogP contribution < -0.4 is 10.1 Å². The van der Waals surface area contributed by atoms with Crippen molar-refractivity contribution in [3.8, 4) is 5.75 Å². The normalized spacial score (nSPS) is 11.3. The molecule has 0 aliphatic carbocycles. The van der Waals surface area contributed by atoms with Crippen LogP contribution in [0, 0.1) is 0 Å². The van der Waals surface area contributed by atoms with Gasteiger partial charge in [0.15, 0.2) is 0 Å². The zero-order valence-electron chi connectivity index (χ0n) is 13.5. The predicted octanol–water partition coefficient (Wildman–Crippen LogP) is 1.56. The smallest absolute Gasteiger partial charge is 0.328 e. The number of esters is 2. The molecule has 0 unspecified atom stereocenters. The summed E-state index contributed by atoms with van der Waals surface area (Å²) < 4.78 is 9.84. The van der Waals surface area contributed by atoms with Crippen molar-refractivity contribution in [2.45, 2.75) is 32.7 Å². The molecule has 124 valence electrons. The maximum absolute atomic E-state index is 11.8. The minimum Gasteiger partial charge on any atom is -0.467 e. The standard InChI is InChI=1S/C17H21NO5/c1-5-6-14-9-13(7-8-16(14)23-12(3)20)10-15(17(21)22-4)18-11(2)19/h5,7-9,15H,1,6,10H2,2-4H3,(H,18,19)/t15-/m0/s1. The van der Waals surface area contributed by atoms with Crippen molar-refractivity contribution in [1.29, 1.82) is 0 Å². The van der Waals surface area contributed by atoms with E-state index in [1.165, 1.54) is 21.0 Å². The van der Waals surface area contributed by atoms with Crippen molar-refractivity contribution in [3.05, 3.63) is 42.0 Å². The number of hydrogen-bond donors (Lipinski definition) is 1. The summed E-state index contributed by atoms with van der Waals surface area (Å²) in [5.41, 5.74) is 1.58. The third-order valence-corrected chi connectivity index (χ3v) is 3.05. The number of hydrogen-bond acceptors (Lipinski definition) is 5. The fourth-order valence-corrected chi connectivity index (χ4v) is 2.15. The quantitative estimate of drug-likeness (QED) is 0.468. The van der Waals surface area contributed by atoms with Gasteiger partial charge in [-0.25, -0.2) is 4.79 Å². The molecule has 0 spiro atoms. The number of nitrogens with one attached hydrogen (secondary N) is 1. The van der Waals surface area contributed by atoms with Crippen LogP contribution in [0.2, 0.25) is 0 Å². The van der Waals surface area contributed by atoms with Gasteiger partial charge in [-0.15, -0.1) is 6.58 Å². The van der Waals surface area contributed by atoms with Gasteiger partial charge in [-0.3, -0.25) is 9.59 Å². The van der Waals surface area contributed by atoms with E-state index in [9.17, 15) is 14.4 Å². The first-order chi connectivity index (χ1) is 10.9. The van der Waals surface area contributed by atoms with Crippen molar-refractivity contribution in [2.24, 2.45) is 0 Å². The maximum Gasteiger partial charge on any atom is 0.328 e. The van der Waals surface area contributed by atoms with Crippen molar-refractivity contribution in [1.82, 2.24) is 5.32 Å². The van der Waals surface area contributed by atoms with Crippen LogP contribution in [0.5, 0.6) is 5.75 Å². The highest BCUT2D eigenvalue weighted by molar-refractivity contribution is 5.83. The average Bonchev–Trinajstić information content (AvgIpc) is 2.47. The van der Waals surface area contributed by atoms with Gasteiger partial charge in [0, 0.05) is 20.3 Å². The largest absolute Gasteiger partial charge is 0.467 e. The molecule has 0 aliphatic rings. The lowest BCUT2D eigenvalue weighted by molar-refractivity contribution is -0.144. The number of carbonyl (C=O) groups excluding carboxylic acids is 3. The summed E-state index contributed by atoms with van der Waals surface area (Å²) in [5, 5.41) is 2.56. The number of carbonyl (C=O) groups is 3. The summed E-state index contributed by atoms with van der Waals surface area (Å²) in [5.74, 6) is -0.790. The number of benzene rings is 1. The molecule has 0 bridgehead atoms. The summed E-state index contributed by atoms with van der Waals surface area (Å²) in [4.78, 5) is 34.1. The van der Waals surface area contributed by atoms with Gasteiger partial charge in [0.1, 0.15) is 11.8 Å². The van der Waals surface area contributed by atoms with Crippen LogP contribution in [0.3, 0.4) is 0 Å². The molecular formula is C17H21NO5. The summed E-state index contributed by atoms with van der Waals surface area (Å²) in [7, 11) is 1.27. The van der Waals surface area contributed by atoms with Crippen LogP contribution in [0.1, 0.15) is 25.0 Å². The molecule has 1 rings (SSSR count). The van der Waals surface area contributed by atoms with Gasteiger partial charge in [-0.05, 0) is 23.6 Å². The molecule has 0 saturated heterocycles. The first-order valence-corrected chi connectivity index (χ1v) is 7.13. The fraction of sp³-hybridized carbons (Fsp3) is 0.353. The first kappa shape index (κ1) is 18.4. The molecule has 1 aromatic rings.